The number of hydrazone groups is 1. The van der Waals surface area contributed by atoms with Crippen LogP contribution >= 0.6 is 0 Å². The van der Waals surface area contributed by atoms with E-state index < -0.39 is 22.7 Å². The molecule has 13 nitrogen and oxygen atoms in total. The highest BCUT2D eigenvalue weighted by Crippen LogP contribution is 2.38. The monoisotopic (exact) mass is 536 g/mol. The van der Waals surface area contributed by atoms with Crippen molar-refractivity contribution in [3.8, 4) is 23.0 Å². The second kappa shape index (κ2) is 13.2. The fourth-order valence-electron chi connectivity index (χ4n) is 3.25. The maximum atomic E-state index is 12.5. The lowest BCUT2D eigenvalue weighted by Gasteiger charge is -2.14. The molecule has 2 amide bonds. The Hall–Kier alpha value is -5.46. The summed E-state index contributed by atoms with van der Waals surface area (Å²) in [5.41, 5.74) is 2.78. The molecule has 2 N–H and O–H groups in total. The highest BCUT2D eigenvalue weighted by Gasteiger charge is 2.17. The van der Waals surface area contributed by atoms with Crippen molar-refractivity contribution in [3.63, 3.8) is 0 Å². The van der Waals surface area contributed by atoms with Gasteiger partial charge in [0.1, 0.15) is 5.75 Å². The van der Waals surface area contributed by atoms with Crippen molar-refractivity contribution < 1.29 is 38.3 Å². The predicted molar refractivity (Wildman–Crippen MR) is 139 cm³/mol. The first kappa shape index (κ1) is 28.1. The van der Waals surface area contributed by atoms with Crippen molar-refractivity contribution in [2.75, 3.05) is 27.9 Å². The van der Waals surface area contributed by atoms with E-state index in [1.54, 1.807) is 18.2 Å². The number of nitrogens with one attached hydrogen (secondary N) is 2. The molecule has 0 saturated carbocycles. The number of non-ortho nitro benzene ring substituents is 1. The largest absolute Gasteiger partial charge is 0.493 e. The molecule has 0 bridgehead atoms. The van der Waals surface area contributed by atoms with Crippen LogP contribution in [0.4, 0.5) is 5.69 Å². The minimum absolute atomic E-state index is 0.114. The summed E-state index contributed by atoms with van der Waals surface area (Å²) in [6.07, 6.45) is 1.26. The number of carbonyl (C=O) groups is 3. The number of para-hydroxylation sites is 1. The van der Waals surface area contributed by atoms with Crippen LogP contribution in [0.5, 0.6) is 23.0 Å². The predicted octanol–water partition coefficient (Wildman–Crippen LogP) is 2.72. The Morgan fingerprint density at radius 1 is 0.897 bits per heavy atom. The number of amides is 2. The van der Waals surface area contributed by atoms with Crippen LogP contribution in [0.3, 0.4) is 0 Å². The Labute approximate surface area is 222 Å². The summed E-state index contributed by atoms with van der Waals surface area (Å²) in [6, 6.07) is 14.3. The zero-order valence-electron chi connectivity index (χ0n) is 21.1. The van der Waals surface area contributed by atoms with Gasteiger partial charge in [0.25, 0.3) is 17.5 Å². The summed E-state index contributed by atoms with van der Waals surface area (Å²) in [6.45, 7) is -0.385. The molecule has 0 atom stereocenters. The molecule has 0 heterocycles. The van der Waals surface area contributed by atoms with E-state index in [2.05, 4.69) is 15.8 Å². The van der Waals surface area contributed by atoms with Gasteiger partial charge in [-0.2, -0.15) is 5.10 Å². The third-order valence-corrected chi connectivity index (χ3v) is 5.16. The molecule has 3 rings (SSSR count). The maximum absolute atomic E-state index is 12.5. The molecule has 3 aromatic rings. The van der Waals surface area contributed by atoms with Crippen molar-refractivity contribution in [1.82, 2.24) is 10.7 Å². The van der Waals surface area contributed by atoms with Crippen molar-refractivity contribution in [3.05, 3.63) is 87.5 Å². The number of ether oxygens (including phenoxy) is 4. The molecule has 0 aliphatic heterocycles. The van der Waals surface area contributed by atoms with Gasteiger partial charge in [-0.1, -0.05) is 12.1 Å². The van der Waals surface area contributed by atoms with Crippen LogP contribution < -0.4 is 29.7 Å². The minimum atomic E-state index is -0.732. The molecule has 13 heteroatoms. The first-order valence-electron chi connectivity index (χ1n) is 11.2. The van der Waals surface area contributed by atoms with E-state index in [9.17, 15) is 24.5 Å². The lowest BCUT2D eigenvalue weighted by molar-refractivity contribution is -0.384. The number of hydrogen-bond donors (Lipinski definition) is 2. The smallest absolute Gasteiger partial charge is 0.343 e. The SMILES string of the molecule is COc1cc(C(=O)NCC(=O)NN=Cc2ccccc2OC(=O)c2ccc([N+](=O)[O-])cc2)cc(OC)c1OC. The van der Waals surface area contributed by atoms with Gasteiger partial charge >= 0.3 is 5.97 Å². The number of benzene rings is 3. The second-order valence-electron chi connectivity index (χ2n) is 7.62. The first-order chi connectivity index (χ1) is 18.8. The van der Waals surface area contributed by atoms with E-state index in [0.29, 0.717) is 11.3 Å². The summed E-state index contributed by atoms with van der Waals surface area (Å²) < 4.78 is 21.0. The van der Waals surface area contributed by atoms with E-state index in [4.69, 9.17) is 18.9 Å². The van der Waals surface area contributed by atoms with Gasteiger partial charge in [-0.3, -0.25) is 19.7 Å². The fourth-order valence-corrected chi connectivity index (χ4v) is 3.25. The van der Waals surface area contributed by atoms with Crippen LogP contribution in [0.1, 0.15) is 26.3 Å². The third-order valence-electron chi connectivity index (χ3n) is 5.16. The molecule has 0 aliphatic rings. The Balaban J connectivity index is 1.58. The molecule has 0 spiro atoms. The number of carbonyl (C=O) groups excluding carboxylic acids is 3. The van der Waals surface area contributed by atoms with E-state index in [0.717, 1.165) is 0 Å². The van der Waals surface area contributed by atoms with Gasteiger partial charge in [0.15, 0.2) is 11.5 Å². The van der Waals surface area contributed by atoms with Crippen molar-refractivity contribution in [2.45, 2.75) is 0 Å². The number of nitro benzene ring substituents is 1. The molecule has 0 saturated heterocycles. The van der Waals surface area contributed by atoms with Gasteiger partial charge in [-0.15, -0.1) is 0 Å². The average molecular weight is 536 g/mol. The van der Waals surface area contributed by atoms with Gasteiger partial charge in [0.2, 0.25) is 5.75 Å². The highest BCUT2D eigenvalue weighted by molar-refractivity contribution is 5.98. The number of hydrogen-bond acceptors (Lipinski definition) is 10. The van der Waals surface area contributed by atoms with E-state index in [1.807, 2.05) is 0 Å². The van der Waals surface area contributed by atoms with E-state index in [1.165, 1.54) is 70.0 Å². The molecule has 3 aromatic carbocycles. The number of rotatable bonds is 11. The van der Waals surface area contributed by atoms with E-state index >= 15 is 0 Å². The Morgan fingerprint density at radius 2 is 1.54 bits per heavy atom. The summed E-state index contributed by atoms with van der Waals surface area (Å²) in [5, 5.41) is 17.1. The van der Waals surface area contributed by atoms with Crippen LogP contribution in [-0.4, -0.2) is 56.8 Å². The number of nitrogens with zero attached hydrogens (tertiary/aromatic N) is 2. The van der Waals surface area contributed by atoms with Crippen LogP contribution in [-0.2, 0) is 4.79 Å². The number of methoxy groups -OCH3 is 3. The van der Waals surface area contributed by atoms with Crippen LogP contribution in [0.15, 0.2) is 65.8 Å². The second-order valence-corrected chi connectivity index (χ2v) is 7.62. The van der Waals surface area contributed by atoms with E-state index in [-0.39, 0.29) is 40.6 Å². The van der Waals surface area contributed by atoms with Gasteiger partial charge in [-0.05, 0) is 36.4 Å². The molecule has 0 unspecified atom stereocenters. The third kappa shape index (κ3) is 7.29. The zero-order chi connectivity index (χ0) is 28.4. The topological polar surface area (TPSA) is 168 Å². The van der Waals surface area contributed by atoms with Crippen LogP contribution in [0.25, 0.3) is 0 Å². The molecule has 202 valence electrons. The zero-order valence-corrected chi connectivity index (χ0v) is 21.1. The normalized spacial score (nSPS) is 10.4. The lowest BCUT2D eigenvalue weighted by atomic mass is 10.1. The fraction of sp³-hybridized carbons (Fsp3) is 0.154. The summed E-state index contributed by atoms with van der Waals surface area (Å²) in [7, 11) is 4.27. The molecular formula is C26H24N4O9. The number of nitro groups is 1. The Bertz CT molecular complexity index is 1380. The summed E-state index contributed by atoms with van der Waals surface area (Å²) in [5.74, 6) is -0.876. The van der Waals surface area contributed by atoms with Gasteiger partial charge < -0.3 is 24.3 Å². The molecule has 0 aromatic heterocycles. The standard InChI is InChI=1S/C26H24N4O9/c1-36-21-12-18(13-22(37-2)24(21)38-3)25(32)27-15-23(31)29-28-14-17-6-4-5-7-20(17)39-26(33)16-8-10-19(11-9-16)30(34)35/h4-14H,15H2,1-3H3,(H,27,32)(H,29,31). The van der Waals surface area contributed by atoms with Crippen LogP contribution in [0, 0.1) is 10.1 Å². The maximum Gasteiger partial charge on any atom is 0.343 e. The van der Waals surface area contributed by atoms with Gasteiger partial charge in [0, 0.05) is 23.3 Å². The van der Waals surface area contributed by atoms with Crippen molar-refractivity contribution in [2.24, 2.45) is 5.10 Å². The van der Waals surface area contributed by atoms with Gasteiger partial charge in [-0.25, -0.2) is 10.2 Å². The molecule has 0 radical (unpaired) electrons. The quantitative estimate of drug-likeness (QED) is 0.123. The summed E-state index contributed by atoms with van der Waals surface area (Å²) >= 11 is 0. The Morgan fingerprint density at radius 3 is 2.13 bits per heavy atom. The molecule has 0 fully saturated rings. The Kier molecular flexibility index (Phi) is 9.51. The first-order valence-corrected chi connectivity index (χ1v) is 11.2. The molecule has 39 heavy (non-hydrogen) atoms. The molecular weight excluding hydrogens is 512 g/mol. The summed E-state index contributed by atoms with van der Waals surface area (Å²) in [4.78, 5) is 47.4. The lowest BCUT2D eigenvalue weighted by Crippen LogP contribution is -2.35. The minimum Gasteiger partial charge on any atom is -0.493 e. The van der Waals surface area contributed by atoms with Crippen molar-refractivity contribution >= 4 is 29.7 Å². The highest BCUT2D eigenvalue weighted by atomic mass is 16.6. The molecule has 0 aliphatic carbocycles. The average Bonchev–Trinajstić information content (AvgIpc) is 2.95. The number of esters is 1. The van der Waals surface area contributed by atoms with Gasteiger partial charge in [0.05, 0.1) is 44.6 Å². The van der Waals surface area contributed by atoms with Crippen LogP contribution in [0.2, 0.25) is 0 Å². The van der Waals surface area contributed by atoms with Crippen molar-refractivity contribution in [1.29, 1.82) is 0 Å².